The van der Waals surface area contributed by atoms with E-state index in [4.69, 9.17) is 11.6 Å². The number of hydrogen-bond donors (Lipinski definition) is 1. The fourth-order valence-corrected chi connectivity index (χ4v) is 5.33. The zero-order valence-corrected chi connectivity index (χ0v) is 25.6. The van der Waals surface area contributed by atoms with Crippen LogP contribution in [0.4, 0.5) is 27.6 Å². The standard InChI is InChI=1S/C30H27ClF5N9O2/c1-3-21(20-12-19(31)7-8-24(20)44-14-26(41-42-44)30(34,35)36)38-15-43(16-46)25-6-4-5-17(2)28(47)40-23-13-39-45(29(32)33)27(23)18-9-10-37-22(25)11-18/h3,7-17,25,29H,4-6H2,1-2H3,(H,40,47)/b21-3-,38-15-/t17-,25+/m1/s1. The predicted molar refractivity (Wildman–Crippen MR) is 163 cm³/mol. The molecule has 1 aliphatic rings. The molecule has 2 bridgehead atoms. The summed E-state index contributed by atoms with van der Waals surface area (Å²) >= 11 is 6.24. The molecule has 47 heavy (non-hydrogen) atoms. The van der Waals surface area contributed by atoms with Crippen molar-refractivity contribution < 1.29 is 31.5 Å². The Labute approximate surface area is 269 Å². The van der Waals surface area contributed by atoms with E-state index in [-0.39, 0.29) is 39.3 Å². The number of nitrogens with zero attached hydrogens (tertiary/aromatic N) is 8. The minimum absolute atomic E-state index is 0.0266. The number of allylic oxidation sites excluding steroid dienone is 1. The van der Waals surface area contributed by atoms with Gasteiger partial charge in [0.05, 0.1) is 53.2 Å². The number of pyridine rings is 1. The van der Waals surface area contributed by atoms with Crippen LogP contribution in [0, 0.1) is 5.92 Å². The molecule has 0 radical (unpaired) electrons. The summed E-state index contributed by atoms with van der Waals surface area (Å²) in [5.74, 6) is -0.863. The quantitative estimate of drug-likeness (QED) is 0.0980. The molecule has 1 aromatic carbocycles. The van der Waals surface area contributed by atoms with E-state index < -0.39 is 30.4 Å². The van der Waals surface area contributed by atoms with Crippen molar-refractivity contribution in [3.63, 3.8) is 0 Å². The lowest BCUT2D eigenvalue weighted by atomic mass is 9.96. The van der Waals surface area contributed by atoms with Gasteiger partial charge in [-0.05, 0) is 50.1 Å². The molecule has 246 valence electrons. The van der Waals surface area contributed by atoms with E-state index in [1.54, 1.807) is 26.0 Å². The molecular weight excluding hydrogens is 649 g/mol. The number of hydrogen-bond acceptors (Lipinski definition) is 7. The van der Waals surface area contributed by atoms with E-state index in [2.05, 4.69) is 30.7 Å². The number of alkyl halides is 5. The highest BCUT2D eigenvalue weighted by Gasteiger charge is 2.35. The summed E-state index contributed by atoms with van der Waals surface area (Å²) in [7, 11) is 0. The van der Waals surface area contributed by atoms with Crippen LogP contribution in [0.2, 0.25) is 5.02 Å². The second-order valence-corrected chi connectivity index (χ2v) is 11.1. The summed E-state index contributed by atoms with van der Waals surface area (Å²) in [6.45, 7) is 0.347. The Balaban J connectivity index is 1.54. The Kier molecular flexibility index (Phi) is 9.79. The van der Waals surface area contributed by atoms with E-state index in [0.717, 1.165) is 17.1 Å². The van der Waals surface area contributed by atoms with Crippen molar-refractivity contribution in [3.05, 3.63) is 77.0 Å². The van der Waals surface area contributed by atoms with E-state index in [1.165, 1.54) is 41.7 Å². The van der Waals surface area contributed by atoms with Crippen molar-refractivity contribution in [2.24, 2.45) is 10.9 Å². The molecule has 0 aliphatic carbocycles. The topological polar surface area (TPSA) is 123 Å². The number of benzene rings is 1. The van der Waals surface area contributed by atoms with E-state index in [1.807, 2.05) is 0 Å². The molecular formula is C30H27ClF5N9O2. The Morgan fingerprint density at radius 3 is 2.68 bits per heavy atom. The minimum atomic E-state index is -4.71. The Morgan fingerprint density at radius 1 is 1.21 bits per heavy atom. The highest BCUT2D eigenvalue weighted by Crippen LogP contribution is 2.36. The Morgan fingerprint density at radius 2 is 2.00 bits per heavy atom. The molecule has 0 fully saturated rings. The molecule has 4 heterocycles. The van der Waals surface area contributed by atoms with Crippen LogP contribution in [0.15, 0.2) is 60.0 Å². The molecule has 0 saturated carbocycles. The third kappa shape index (κ3) is 7.21. The monoisotopic (exact) mass is 675 g/mol. The number of fused-ring (bicyclic) bond motifs is 4. The maximum atomic E-state index is 13.9. The zero-order chi connectivity index (χ0) is 33.9. The van der Waals surface area contributed by atoms with E-state index in [9.17, 15) is 31.5 Å². The lowest BCUT2D eigenvalue weighted by Gasteiger charge is -2.26. The SMILES string of the molecule is C/C=C(\N=C/N(C=O)[C@H]1CCC[C@@H](C)C(=O)Nc2cnn(C(F)F)c2-c2ccnc1c2)c1cc(Cl)ccc1-n1cc(C(F)(F)F)nn1. The number of carbonyl (C=O) groups excluding carboxylic acids is 2. The molecule has 3 aromatic heterocycles. The maximum Gasteiger partial charge on any atom is 0.436 e. The van der Waals surface area contributed by atoms with Gasteiger partial charge < -0.3 is 5.32 Å². The number of carbonyl (C=O) groups is 2. The van der Waals surface area contributed by atoms with Crippen molar-refractivity contribution in [1.29, 1.82) is 0 Å². The lowest BCUT2D eigenvalue weighted by molar-refractivity contribution is -0.141. The van der Waals surface area contributed by atoms with Crippen LogP contribution in [0.1, 0.15) is 62.7 Å². The highest BCUT2D eigenvalue weighted by atomic mass is 35.5. The summed E-state index contributed by atoms with van der Waals surface area (Å²) in [5.41, 5.74) is 0.268. The summed E-state index contributed by atoms with van der Waals surface area (Å²) in [5, 5.41) is 13.6. The summed E-state index contributed by atoms with van der Waals surface area (Å²) in [6, 6.07) is 6.72. The van der Waals surface area contributed by atoms with Gasteiger partial charge in [-0.2, -0.15) is 27.1 Å². The van der Waals surface area contributed by atoms with Crippen molar-refractivity contribution in [3.8, 4) is 16.9 Å². The van der Waals surface area contributed by atoms with Crippen LogP contribution in [0.3, 0.4) is 0 Å². The smallest absolute Gasteiger partial charge is 0.323 e. The first-order chi connectivity index (χ1) is 22.4. The largest absolute Gasteiger partial charge is 0.436 e. The number of nitrogens with one attached hydrogen (secondary N) is 1. The second kappa shape index (κ2) is 13.8. The van der Waals surface area contributed by atoms with Crippen LogP contribution in [-0.2, 0) is 15.8 Å². The number of aliphatic imine (C=N–C) groups is 1. The predicted octanol–water partition coefficient (Wildman–Crippen LogP) is 6.94. The van der Waals surface area contributed by atoms with E-state index in [0.29, 0.717) is 41.6 Å². The number of aromatic nitrogens is 6. The lowest BCUT2D eigenvalue weighted by Crippen LogP contribution is -2.28. The van der Waals surface area contributed by atoms with E-state index >= 15 is 0 Å². The number of amides is 2. The van der Waals surface area contributed by atoms with Crippen LogP contribution in [0.5, 0.6) is 0 Å². The van der Waals surface area contributed by atoms with Crippen LogP contribution < -0.4 is 5.32 Å². The van der Waals surface area contributed by atoms with Gasteiger partial charge in [0.2, 0.25) is 12.3 Å². The average Bonchev–Trinajstić information content (AvgIpc) is 3.70. The van der Waals surface area contributed by atoms with Gasteiger partial charge in [0.15, 0.2) is 5.69 Å². The second-order valence-electron chi connectivity index (χ2n) is 10.6. The molecule has 1 N–H and O–H groups in total. The molecule has 2 amide bonds. The van der Waals surface area contributed by atoms with Gasteiger partial charge in [0.25, 0.3) is 0 Å². The van der Waals surface area contributed by atoms with Gasteiger partial charge >= 0.3 is 12.7 Å². The van der Waals surface area contributed by atoms with Gasteiger partial charge in [-0.15, -0.1) is 5.10 Å². The third-order valence-corrected chi connectivity index (χ3v) is 7.78. The molecule has 2 atom stereocenters. The first-order valence-corrected chi connectivity index (χ1v) is 14.6. The van der Waals surface area contributed by atoms with Crippen molar-refractivity contribution in [2.75, 3.05) is 5.32 Å². The van der Waals surface area contributed by atoms with Crippen LogP contribution in [0.25, 0.3) is 22.6 Å². The number of anilines is 1. The van der Waals surface area contributed by atoms with Crippen LogP contribution >= 0.6 is 11.6 Å². The van der Waals surface area contributed by atoms with Crippen molar-refractivity contribution in [2.45, 2.75) is 51.9 Å². The molecule has 5 rings (SSSR count). The highest BCUT2D eigenvalue weighted by molar-refractivity contribution is 6.30. The summed E-state index contributed by atoms with van der Waals surface area (Å²) in [4.78, 5) is 35.6. The number of rotatable bonds is 7. The number of halogens is 6. The fourth-order valence-electron chi connectivity index (χ4n) is 5.16. The Bertz CT molecular complexity index is 1840. The molecule has 0 spiro atoms. The van der Waals surface area contributed by atoms with Gasteiger partial charge in [-0.25, -0.2) is 14.4 Å². The van der Waals surface area contributed by atoms with Gasteiger partial charge in [-0.3, -0.25) is 19.5 Å². The normalized spacial score (nSPS) is 17.6. The molecule has 4 aromatic rings. The Hall–Kier alpha value is -4.99. The fraction of sp³-hybridized carbons (Fsp3) is 0.300. The third-order valence-electron chi connectivity index (χ3n) is 7.55. The first kappa shape index (κ1) is 33.4. The maximum absolute atomic E-state index is 13.9. The van der Waals surface area contributed by atoms with Gasteiger partial charge in [-0.1, -0.05) is 36.2 Å². The van der Waals surface area contributed by atoms with Crippen LogP contribution in [-0.4, -0.2) is 53.3 Å². The summed E-state index contributed by atoms with van der Waals surface area (Å²) < 4.78 is 69.0. The molecule has 11 nitrogen and oxygen atoms in total. The molecule has 0 unspecified atom stereocenters. The van der Waals surface area contributed by atoms with Crippen molar-refractivity contribution >= 4 is 41.6 Å². The van der Waals surface area contributed by atoms with Crippen molar-refractivity contribution in [1.82, 2.24) is 34.7 Å². The van der Waals surface area contributed by atoms with Gasteiger partial charge in [0.1, 0.15) is 0 Å². The molecule has 17 heteroatoms. The summed E-state index contributed by atoms with van der Waals surface area (Å²) in [6.07, 6.45) is 3.15. The van der Waals surface area contributed by atoms with Gasteiger partial charge in [0, 0.05) is 28.3 Å². The average molecular weight is 676 g/mol. The zero-order valence-electron chi connectivity index (χ0n) is 24.9. The molecule has 1 aliphatic heterocycles. The minimum Gasteiger partial charge on any atom is -0.323 e. The first-order valence-electron chi connectivity index (χ1n) is 14.3. The molecule has 0 saturated heterocycles.